The predicted octanol–water partition coefficient (Wildman–Crippen LogP) is 2.73. The number of carbonyl (C=O) groups is 1. The molecular formula is C12H16Cl2N2O3S. The van der Waals surface area contributed by atoms with Crippen molar-refractivity contribution in [1.82, 2.24) is 0 Å². The number of benzene rings is 1. The maximum absolute atomic E-state index is 12.0. The standard InChI is InChI=1S/C12H16Cl2N2O3S/c1-3-4-20(18,19)7(2)12(17)16-11-9(14)5-8(13)6-10(11)15/h5-7H,3-4,15H2,1-2H3,(H,16,17). The van der Waals surface area contributed by atoms with Crippen LogP contribution in [0.4, 0.5) is 11.4 Å². The summed E-state index contributed by atoms with van der Waals surface area (Å²) < 4.78 is 23.7. The third-order valence-electron chi connectivity index (χ3n) is 2.73. The lowest BCUT2D eigenvalue weighted by molar-refractivity contribution is -0.115. The molecule has 112 valence electrons. The summed E-state index contributed by atoms with van der Waals surface area (Å²) in [7, 11) is -3.49. The van der Waals surface area contributed by atoms with Gasteiger partial charge in [0.1, 0.15) is 5.25 Å². The fourth-order valence-corrected chi connectivity index (χ4v) is 3.44. The van der Waals surface area contributed by atoms with E-state index >= 15 is 0 Å². The van der Waals surface area contributed by atoms with Crippen molar-refractivity contribution < 1.29 is 13.2 Å². The predicted molar refractivity (Wildman–Crippen MR) is 83.0 cm³/mol. The zero-order valence-electron chi connectivity index (χ0n) is 11.1. The van der Waals surface area contributed by atoms with Gasteiger partial charge in [-0.15, -0.1) is 0 Å². The number of anilines is 2. The van der Waals surface area contributed by atoms with Gasteiger partial charge in [-0.05, 0) is 25.5 Å². The summed E-state index contributed by atoms with van der Waals surface area (Å²) in [5.41, 5.74) is 6.05. The van der Waals surface area contributed by atoms with Crippen molar-refractivity contribution >= 4 is 50.3 Å². The molecule has 0 saturated carbocycles. The van der Waals surface area contributed by atoms with Crippen LogP contribution >= 0.6 is 23.2 Å². The van der Waals surface area contributed by atoms with Crippen LogP contribution in [0.3, 0.4) is 0 Å². The molecule has 0 aliphatic heterocycles. The highest BCUT2D eigenvalue weighted by Gasteiger charge is 2.27. The Morgan fingerprint density at radius 1 is 1.40 bits per heavy atom. The van der Waals surface area contributed by atoms with Crippen molar-refractivity contribution in [3.8, 4) is 0 Å². The van der Waals surface area contributed by atoms with E-state index in [0.717, 1.165) is 0 Å². The smallest absolute Gasteiger partial charge is 0.242 e. The first kappa shape index (κ1) is 17.1. The van der Waals surface area contributed by atoms with E-state index in [1.807, 2.05) is 0 Å². The number of nitrogens with two attached hydrogens (primary N) is 1. The molecule has 20 heavy (non-hydrogen) atoms. The summed E-state index contributed by atoms with van der Waals surface area (Å²) in [6.07, 6.45) is 0.448. The van der Waals surface area contributed by atoms with Gasteiger partial charge in [0.05, 0.1) is 22.2 Å². The van der Waals surface area contributed by atoms with Gasteiger partial charge in [-0.3, -0.25) is 4.79 Å². The normalized spacial score (nSPS) is 13.0. The maximum Gasteiger partial charge on any atom is 0.242 e. The molecular weight excluding hydrogens is 323 g/mol. The van der Waals surface area contributed by atoms with Crippen molar-refractivity contribution in [1.29, 1.82) is 0 Å². The number of hydrogen-bond acceptors (Lipinski definition) is 4. The largest absolute Gasteiger partial charge is 0.397 e. The van der Waals surface area contributed by atoms with E-state index in [4.69, 9.17) is 28.9 Å². The minimum atomic E-state index is -3.49. The molecule has 1 amide bonds. The van der Waals surface area contributed by atoms with Gasteiger partial charge < -0.3 is 11.1 Å². The van der Waals surface area contributed by atoms with E-state index in [1.54, 1.807) is 6.92 Å². The molecule has 0 aliphatic rings. The van der Waals surface area contributed by atoms with Crippen LogP contribution in [-0.4, -0.2) is 25.3 Å². The average Bonchev–Trinajstić information content (AvgIpc) is 2.32. The van der Waals surface area contributed by atoms with Gasteiger partial charge in [0.25, 0.3) is 0 Å². The molecule has 0 aromatic heterocycles. The zero-order valence-corrected chi connectivity index (χ0v) is 13.4. The lowest BCUT2D eigenvalue weighted by atomic mass is 10.2. The number of carbonyl (C=O) groups excluding carboxylic acids is 1. The first-order chi connectivity index (χ1) is 9.19. The first-order valence-corrected chi connectivity index (χ1v) is 8.43. The Balaban J connectivity index is 2.98. The summed E-state index contributed by atoms with van der Waals surface area (Å²) in [6, 6.07) is 2.84. The fraction of sp³-hybridized carbons (Fsp3) is 0.417. The molecule has 5 nitrogen and oxygen atoms in total. The third kappa shape index (κ3) is 4.01. The van der Waals surface area contributed by atoms with Gasteiger partial charge in [-0.1, -0.05) is 30.1 Å². The van der Waals surface area contributed by atoms with Crippen LogP contribution in [0.2, 0.25) is 10.0 Å². The van der Waals surface area contributed by atoms with Crippen molar-refractivity contribution in [2.45, 2.75) is 25.5 Å². The Hall–Kier alpha value is -0.980. The molecule has 0 spiro atoms. The minimum Gasteiger partial charge on any atom is -0.397 e. The van der Waals surface area contributed by atoms with Crippen LogP contribution in [0.1, 0.15) is 20.3 Å². The maximum atomic E-state index is 12.0. The van der Waals surface area contributed by atoms with Crippen LogP contribution in [0.5, 0.6) is 0 Å². The summed E-state index contributed by atoms with van der Waals surface area (Å²) in [5, 5.41) is 1.75. The highest BCUT2D eigenvalue weighted by atomic mass is 35.5. The zero-order chi connectivity index (χ0) is 15.5. The summed E-state index contributed by atoms with van der Waals surface area (Å²) in [4.78, 5) is 12.0. The van der Waals surface area contributed by atoms with Crippen LogP contribution < -0.4 is 11.1 Å². The van der Waals surface area contributed by atoms with Crippen molar-refractivity contribution in [2.24, 2.45) is 0 Å². The second kappa shape index (κ2) is 6.65. The molecule has 0 fully saturated rings. The number of halogens is 2. The molecule has 0 bridgehead atoms. The molecule has 1 atom stereocenters. The second-order valence-electron chi connectivity index (χ2n) is 4.35. The van der Waals surface area contributed by atoms with Gasteiger partial charge in [0, 0.05) is 5.02 Å². The Labute approximate surface area is 128 Å². The number of amides is 1. The van der Waals surface area contributed by atoms with Gasteiger partial charge in [0.15, 0.2) is 9.84 Å². The van der Waals surface area contributed by atoms with Gasteiger partial charge in [0.2, 0.25) is 5.91 Å². The quantitative estimate of drug-likeness (QED) is 0.807. The molecule has 1 rings (SSSR count). The Bertz CT molecular complexity index is 594. The molecule has 1 aromatic rings. The SMILES string of the molecule is CCCS(=O)(=O)C(C)C(=O)Nc1c(N)cc(Cl)cc1Cl. The second-order valence-corrected chi connectivity index (χ2v) is 7.64. The molecule has 8 heteroatoms. The number of nitrogen functional groups attached to an aromatic ring is 1. The monoisotopic (exact) mass is 338 g/mol. The molecule has 0 aliphatic carbocycles. The van der Waals surface area contributed by atoms with Gasteiger partial charge in [-0.25, -0.2) is 8.42 Å². The van der Waals surface area contributed by atoms with Crippen molar-refractivity contribution in [3.05, 3.63) is 22.2 Å². The van der Waals surface area contributed by atoms with Crippen LogP contribution in [-0.2, 0) is 14.6 Å². The number of hydrogen-bond donors (Lipinski definition) is 2. The van der Waals surface area contributed by atoms with Crippen molar-refractivity contribution in [2.75, 3.05) is 16.8 Å². The molecule has 1 aromatic carbocycles. The van der Waals surface area contributed by atoms with E-state index in [0.29, 0.717) is 11.4 Å². The lowest BCUT2D eigenvalue weighted by Gasteiger charge is -2.15. The summed E-state index contributed by atoms with van der Waals surface area (Å²) in [5.74, 6) is -0.722. The molecule has 1 unspecified atom stereocenters. The Morgan fingerprint density at radius 3 is 2.50 bits per heavy atom. The highest BCUT2D eigenvalue weighted by molar-refractivity contribution is 7.92. The number of rotatable bonds is 5. The average molecular weight is 339 g/mol. The minimum absolute atomic E-state index is 0.0502. The molecule has 0 saturated heterocycles. The molecule has 0 heterocycles. The van der Waals surface area contributed by atoms with E-state index in [2.05, 4.69) is 5.32 Å². The van der Waals surface area contributed by atoms with Crippen molar-refractivity contribution in [3.63, 3.8) is 0 Å². The summed E-state index contributed by atoms with van der Waals surface area (Å²) >= 11 is 11.7. The number of nitrogens with one attached hydrogen (secondary N) is 1. The van der Waals surface area contributed by atoms with Crippen LogP contribution in [0.25, 0.3) is 0 Å². The van der Waals surface area contributed by atoms with Crippen LogP contribution in [0, 0.1) is 0 Å². The molecule has 0 radical (unpaired) electrons. The van der Waals surface area contributed by atoms with E-state index < -0.39 is 21.0 Å². The van der Waals surface area contributed by atoms with E-state index in [9.17, 15) is 13.2 Å². The fourth-order valence-electron chi connectivity index (χ4n) is 1.57. The topological polar surface area (TPSA) is 89.3 Å². The lowest BCUT2D eigenvalue weighted by Crippen LogP contribution is -2.34. The van der Waals surface area contributed by atoms with Gasteiger partial charge in [-0.2, -0.15) is 0 Å². The molecule has 3 N–H and O–H groups in total. The van der Waals surface area contributed by atoms with E-state index in [-0.39, 0.29) is 22.2 Å². The number of sulfone groups is 1. The van der Waals surface area contributed by atoms with Gasteiger partial charge >= 0.3 is 0 Å². The summed E-state index contributed by atoms with van der Waals surface area (Å²) in [6.45, 7) is 3.07. The Kier molecular flexibility index (Phi) is 5.68. The Morgan fingerprint density at radius 2 is 2.00 bits per heavy atom. The third-order valence-corrected chi connectivity index (χ3v) is 5.52. The highest BCUT2D eigenvalue weighted by Crippen LogP contribution is 2.32. The van der Waals surface area contributed by atoms with E-state index in [1.165, 1.54) is 19.1 Å². The van der Waals surface area contributed by atoms with Crippen LogP contribution in [0.15, 0.2) is 12.1 Å². The first-order valence-electron chi connectivity index (χ1n) is 5.96.